The number of halogens is 1. The molecule has 78 valence electrons. The topological polar surface area (TPSA) is 140 Å². The zero-order valence-electron chi connectivity index (χ0n) is 3.92. The molecule has 0 atom stereocenters. The van der Waals surface area contributed by atoms with Crippen LogP contribution in [0.3, 0.4) is 0 Å². The molecule has 0 aliphatic carbocycles. The summed E-state index contributed by atoms with van der Waals surface area (Å²) in [6.07, 6.45) is 0. The molecule has 0 saturated carbocycles. The van der Waals surface area contributed by atoms with Crippen molar-refractivity contribution in [1.82, 2.24) is 0 Å². The van der Waals surface area contributed by atoms with Gasteiger partial charge in [-0.1, -0.05) is 0 Å². The molecule has 10 heteroatoms. The van der Waals surface area contributed by atoms with Crippen molar-refractivity contribution in [2.45, 2.75) is 0 Å². The van der Waals surface area contributed by atoms with Gasteiger partial charge in [0.25, 0.3) is 0 Å². The number of hydrogen-bond acceptors (Lipinski definition) is 6. The molecule has 0 aromatic carbocycles. The molecule has 0 amide bonds. The third-order valence-electron chi connectivity index (χ3n) is 0. The van der Waals surface area contributed by atoms with Gasteiger partial charge in [0.05, 0.1) is 0 Å². The first-order valence-electron chi connectivity index (χ1n) is 0.667. The van der Waals surface area contributed by atoms with Gasteiger partial charge in [0.1, 0.15) is 0 Å². The molecule has 2 N–H and O–H groups in total. The molecule has 0 aromatic rings. The molecule has 2 radical (unpaired) electrons. The summed E-state index contributed by atoms with van der Waals surface area (Å²) < 4.78 is 34.1. The summed E-state index contributed by atoms with van der Waals surface area (Å²) in [4.78, 5) is 0. The normalized spacial score (nSPS) is 5.80. The molecule has 0 spiro atoms. The molecule has 0 saturated heterocycles. The van der Waals surface area contributed by atoms with Crippen LogP contribution in [0.25, 0.3) is 0 Å². The van der Waals surface area contributed by atoms with Gasteiger partial charge in [0.2, 0.25) is 0 Å². The van der Waals surface area contributed by atoms with Crippen LogP contribution in [0, 0.1) is 0 Å². The van der Waals surface area contributed by atoms with Crippen LogP contribution in [0.4, 0.5) is 0 Å². The molecule has 0 aliphatic heterocycles. The fourth-order valence-electron chi connectivity index (χ4n) is 0. The summed E-state index contributed by atoms with van der Waals surface area (Å²) in [5.74, 6) is 0. The van der Waals surface area contributed by atoms with Gasteiger partial charge in [-0.05, 0) is 0 Å². The van der Waals surface area contributed by atoms with Crippen molar-refractivity contribution in [3.8, 4) is 0 Å². The van der Waals surface area contributed by atoms with Crippen LogP contribution >= 0.6 is 0 Å². The maximum atomic E-state index is 8.52. The molecule has 6 nitrogen and oxygen atoms in total. The van der Waals surface area contributed by atoms with E-state index in [9.17, 15) is 0 Å². The van der Waals surface area contributed by atoms with Gasteiger partial charge in [-0.3, -0.25) is 8.42 Å². The molecule has 0 aliphatic rings. The van der Waals surface area contributed by atoms with Crippen LogP contribution in [0.5, 0.6) is 0 Å². The van der Waals surface area contributed by atoms with Gasteiger partial charge >= 0.3 is 0 Å². The van der Waals surface area contributed by atoms with E-state index in [1.807, 2.05) is 0 Å². The standard InChI is InChI=1S/ClH.2Cu.H2O4S.2H2O/c;;;1-5(2,3)4;;/h1H;;;(H2,1,2,3,4);2*1H2/p-5. The summed E-state index contributed by atoms with van der Waals surface area (Å²) in [6.45, 7) is 0. The Morgan fingerprint density at radius 3 is 0.900 bits per heavy atom. The van der Waals surface area contributed by atoms with Crippen molar-refractivity contribution in [2.75, 3.05) is 0 Å². The molecule has 0 unspecified atom stereocenters. The first-order chi connectivity index (χ1) is 2.00. The van der Waals surface area contributed by atoms with Crippen LogP contribution in [0.1, 0.15) is 0 Å². The van der Waals surface area contributed by atoms with E-state index in [2.05, 4.69) is 0 Å². The molecule has 0 rings (SSSR count). The second-order valence-corrected chi connectivity index (χ2v) is 1.22. The van der Waals surface area contributed by atoms with E-state index in [1.54, 1.807) is 0 Å². The van der Waals surface area contributed by atoms with E-state index >= 15 is 0 Å². The van der Waals surface area contributed by atoms with Gasteiger partial charge in [-0.2, -0.15) is 0 Å². The van der Waals surface area contributed by atoms with Crippen molar-refractivity contribution in [1.29, 1.82) is 0 Å². The number of hydrogen-bond donors (Lipinski definition) is 0. The minimum Gasteiger partial charge on any atom is -1.00 e. The summed E-state index contributed by atoms with van der Waals surface area (Å²) in [5.41, 5.74) is 0. The quantitative estimate of drug-likeness (QED) is 0.249. The van der Waals surface area contributed by atoms with Crippen LogP contribution in [0.2, 0.25) is 0 Å². The van der Waals surface area contributed by atoms with Crippen molar-refractivity contribution in [3.63, 3.8) is 0 Å². The van der Waals surface area contributed by atoms with Crippen LogP contribution < -0.4 is 12.4 Å². The third-order valence-corrected chi connectivity index (χ3v) is 0. The summed E-state index contributed by atoms with van der Waals surface area (Å²) in [5, 5.41) is 0. The monoisotopic (exact) mass is 291 g/mol. The van der Waals surface area contributed by atoms with E-state index < -0.39 is 10.4 Å². The van der Waals surface area contributed by atoms with Gasteiger partial charge < -0.3 is 32.5 Å². The van der Waals surface area contributed by atoms with E-state index in [0.29, 0.717) is 0 Å². The minimum atomic E-state index is -5.17. The third kappa shape index (κ3) is 480. The van der Waals surface area contributed by atoms with Crippen molar-refractivity contribution in [2.24, 2.45) is 0 Å². The Kier molecular flexibility index (Phi) is 72.1. The molecule has 0 fully saturated rings. The Morgan fingerprint density at radius 1 is 0.900 bits per heavy atom. The molecule has 0 aromatic heterocycles. The second-order valence-electron chi connectivity index (χ2n) is 0.408. The van der Waals surface area contributed by atoms with Crippen molar-refractivity contribution in [3.05, 3.63) is 0 Å². The average molecular weight is 293 g/mol. The SMILES string of the molecule is O=S(=O)([O-])[O-].[Cl-].[Cu].[Cu].[OH-].[OH-]. The number of rotatable bonds is 0. The molecule has 0 heterocycles. The van der Waals surface area contributed by atoms with E-state index in [-0.39, 0.29) is 57.5 Å². The fourth-order valence-corrected chi connectivity index (χ4v) is 0. The first kappa shape index (κ1) is 43.4. The first-order valence-corrected chi connectivity index (χ1v) is 2.00. The van der Waals surface area contributed by atoms with Crippen LogP contribution in [0.15, 0.2) is 0 Å². The van der Waals surface area contributed by atoms with Gasteiger partial charge in [-0.25, -0.2) is 0 Å². The smallest absolute Gasteiger partial charge is 0.0311 e. The van der Waals surface area contributed by atoms with E-state index in [0.717, 1.165) is 0 Å². The van der Waals surface area contributed by atoms with Crippen LogP contribution in [-0.2, 0) is 44.5 Å². The zero-order chi connectivity index (χ0) is 4.50. The summed E-state index contributed by atoms with van der Waals surface area (Å²) >= 11 is 0. The second kappa shape index (κ2) is 16.6. The average Bonchev–Trinajstić information content (AvgIpc) is 0.722. The van der Waals surface area contributed by atoms with Gasteiger partial charge in [0.15, 0.2) is 0 Å². The van der Waals surface area contributed by atoms with Crippen LogP contribution in [-0.4, -0.2) is 28.5 Å². The van der Waals surface area contributed by atoms with E-state index in [1.165, 1.54) is 0 Å². The van der Waals surface area contributed by atoms with E-state index in [4.69, 9.17) is 17.5 Å². The predicted molar refractivity (Wildman–Crippen MR) is 14.3 cm³/mol. The Labute approximate surface area is 85.3 Å². The Hall–Kier alpha value is 1.12. The Balaban J connectivity index is -0.00000000800. The molecular weight excluding hydrogens is 291 g/mol. The van der Waals surface area contributed by atoms with Crippen molar-refractivity contribution < 1.29 is 75.0 Å². The predicted octanol–water partition coefficient (Wildman–Crippen LogP) is -4.69. The largest absolute Gasteiger partial charge is 1.00 e. The minimum absolute atomic E-state index is 0. The zero-order valence-corrected chi connectivity index (χ0v) is 7.37. The summed E-state index contributed by atoms with van der Waals surface area (Å²) in [6, 6.07) is 0. The van der Waals surface area contributed by atoms with Gasteiger partial charge in [0, 0.05) is 44.5 Å². The molecule has 0 bridgehead atoms. The molecular formula is H2ClCu2O6S-5. The summed E-state index contributed by atoms with van der Waals surface area (Å²) in [7, 11) is -5.17. The maximum absolute atomic E-state index is 8.52. The van der Waals surface area contributed by atoms with Gasteiger partial charge in [-0.15, -0.1) is 0 Å². The maximum Gasteiger partial charge on any atom is 0.0311 e. The Morgan fingerprint density at radius 2 is 0.900 bits per heavy atom. The molecule has 10 heavy (non-hydrogen) atoms. The van der Waals surface area contributed by atoms with Crippen molar-refractivity contribution >= 4 is 10.4 Å². The fraction of sp³-hybridized carbons (Fsp3) is 0. The Bertz CT molecular complexity index is 98.9.